The van der Waals surface area contributed by atoms with Gasteiger partial charge < -0.3 is 10.2 Å². The number of carbonyl (C=O) groups is 2. The fraction of sp³-hybridized carbons (Fsp3) is 0.300. The molecule has 0 bridgehead atoms. The molecule has 7 nitrogen and oxygen atoms in total. The number of benzene rings is 2. The summed E-state index contributed by atoms with van der Waals surface area (Å²) in [5.41, 5.74) is 0.833. The van der Waals surface area contributed by atoms with Gasteiger partial charge in [-0.1, -0.05) is 26.0 Å². The molecule has 0 radical (unpaired) electrons. The summed E-state index contributed by atoms with van der Waals surface area (Å²) in [5.74, 6) is -0.387. The summed E-state index contributed by atoms with van der Waals surface area (Å²) in [4.78, 5) is 26.8. The first kappa shape index (κ1) is 22.9. The molecule has 2 aromatic rings. The molecule has 0 spiro atoms. The van der Waals surface area contributed by atoms with Gasteiger partial charge in [0.2, 0.25) is 10.0 Å². The molecule has 0 saturated heterocycles. The molecule has 156 valence electrons. The van der Waals surface area contributed by atoms with Crippen LogP contribution in [0.5, 0.6) is 0 Å². The lowest BCUT2D eigenvalue weighted by Gasteiger charge is -2.18. The Morgan fingerprint density at radius 1 is 0.966 bits per heavy atom. The fourth-order valence-electron chi connectivity index (χ4n) is 2.53. The number of anilines is 1. The van der Waals surface area contributed by atoms with Gasteiger partial charge in [0, 0.05) is 37.6 Å². The fourth-order valence-corrected chi connectivity index (χ4v) is 4.73. The highest BCUT2D eigenvalue weighted by Crippen LogP contribution is 2.29. The molecule has 0 saturated carbocycles. The highest BCUT2D eigenvalue weighted by molar-refractivity contribution is 8.13. The Balaban J connectivity index is 2.20. The first-order valence-electron chi connectivity index (χ1n) is 9.10. The predicted molar refractivity (Wildman–Crippen MR) is 116 cm³/mol. The highest BCUT2D eigenvalue weighted by atomic mass is 32.2. The van der Waals surface area contributed by atoms with Crippen molar-refractivity contribution < 1.29 is 18.0 Å². The van der Waals surface area contributed by atoms with E-state index in [4.69, 9.17) is 0 Å². The minimum absolute atomic E-state index is 0.144. The number of sulfonamides is 1. The van der Waals surface area contributed by atoms with Crippen LogP contribution in [0.2, 0.25) is 0 Å². The monoisotopic (exact) mass is 435 g/mol. The van der Waals surface area contributed by atoms with E-state index in [2.05, 4.69) is 5.32 Å². The highest BCUT2D eigenvalue weighted by Gasteiger charge is 2.22. The quantitative estimate of drug-likeness (QED) is 0.670. The molecule has 0 heterocycles. The number of nitrogens with one attached hydrogen (secondary N) is 1. The van der Waals surface area contributed by atoms with Gasteiger partial charge >= 0.3 is 0 Å². The van der Waals surface area contributed by atoms with Gasteiger partial charge in [0.25, 0.3) is 11.1 Å². The van der Waals surface area contributed by atoms with E-state index in [1.54, 1.807) is 52.2 Å². The van der Waals surface area contributed by atoms with E-state index < -0.39 is 10.0 Å². The van der Waals surface area contributed by atoms with Crippen LogP contribution in [-0.2, 0) is 10.0 Å². The molecule has 0 aliphatic rings. The van der Waals surface area contributed by atoms with Crippen LogP contribution in [0.4, 0.5) is 10.5 Å². The Kier molecular flexibility index (Phi) is 7.83. The molecule has 2 aromatic carbocycles. The van der Waals surface area contributed by atoms with Crippen LogP contribution < -0.4 is 5.32 Å². The number of hydrogen-bond acceptors (Lipinski definition) is 5. The van der Waals surface area contributed by atoms with Gasteiger partial charge in [-0.15, -0.1) is 0 Å². The van der Waals surface area contributed by atoms with Crippen molar-refractivity contribution in [3.05, 3.63) is 54.1 Å². The lowest BCUT2D eigenvalue weighted by molar-refractivity contribution is 0.102. The lowest BCUT2D eigenvalue weighted by Crippen LogP contribution is -2.30. The Morgan fingerprint density at radius 3 is 2.10 bits per heavy atom. The molecular formula is C20H25N3O4S2. The normalized spacial score (nSPS) is 11.3. The molecule has 2 rings (SSSR count). The van der Waals surface area contributed by atoms with Gasteiger partial charge in [0.05, 0.1) is 10.6 Å². The zero-order valence-corrected chi connectivity index (χ0v) is 18.5. The molecule has 29 heavy (non-hydrogen) atoms. The van der Waals surface area contributed by atoms with Crippen LogP contribution in [0.25, 0.3) is 0 Å². The van der Waals surface area contributed by atoms with Gasteiger partial charge in [-0.3, -0.25) is 9.59 Å². The number of nitrogens with zero attached hydrogens (tertiary/aromatic N) is 2. The van der Waals surface area contributed by atoms with Crippen LogP contribution in [0, 0.1) is 0 Å². The van der Waals surface area contributed by atoms with E-state index >= 15 is 0 Å². The average molecular weight is 436 g/mol. The zero-order chi connectivity index (χ0) is 21.6. The van der Waals surface area contributed by atoms with Crippen molar-refractivity contribution in [3.63, 3.8) is 0 Å². The molecule has 0 aliphatic carbocycles. The third-order valence-corrected chi connectivity index (χ3v) is 7.34. The van der Waals surface area contributed by atoms with Crippen molar-refractivity contribution >= 4 is 38.6 Å². The van der Waals surface area contributed by atoms with Crippen LogP contribution >= 0.6 is 11.8 Å². The van der Waals surface area contributed by atoms with Crippen molar-refractivity contribution in [2.24, 2.45) is 0 Å². The van der Waals surface area contributed by atoms with E-state index in [0.717, 1.165) is 11.8 Å². The van der Waals surface area contributed by atoms with Crippen molar-refractivity contribution in [2.75, 3.05) is 32.5 Å². The second kappa shape index (κ2) is 9.91. The van der Waals surface area contributed by atoms with Crippen molar-refractivity contribution in [1.82, 2.24) is 9.21 Å². The topological polar surface area (TPSA) is 86.8 Å². The molecule has 0 aliphatic heterocycles. The average Bonchev–Trinajstić information content (AvgIpc) is 2.70. The first-order valence-corrected chi connectivity index (χ1v) is 11.4. The van der Waals surface area contributed by atoms with Gasteiger partial charge in [0.15, 0.2) is 0 Å². The molecule has 0 atom stereocenters. The summed E-state index contributed by atoms with van der Waals surface area (Å²) in [6, 6.07) is 12.8. The van der Waals surface area contributed by atoms with E-state index in [-0.39, 0.29) is 16.0 Å². The van der Waals surface area contributed by atoms with E-state index in [1.807, 2.05) is 0 Å². The minimum atomic E-state index is -3.57. The number of hydrogen-bond donors (Lipinski definition) is 1. The Labute approximate surface area is 176 Å². The minimum Gasteiger partial charge on any atom is -0.339 e. The maximum Gasteiger partial charge on any atom is 0.286 e. The summed E-state index contributed by atoms with van der Waals surface area (Å²) in [6.45, 7) is 4.31. The number of thioether (sulfide) groups is 1. The summed E-state index contributed by atoms with van der Waals surface area (Å²) >= 11 is 1.02. The molecular weight excluding hydrogens is 410 g/mol. The Bertz CT molecular complexity index is 969. The summed E-state index contributed by atoms with van der Waals surface area (Å²) in [6.07, 6.45) is 0. The van der Waals surface area contributed by atoms with Crippen LogP contribution in [0.1, 0.15) is 24.2 Å². The van der Waals surface area contributed by atoms with E-state index in [1.165, 1.54) is 33.5 Å². The maximum absolute atomic E-state index is 12.6. The first-order chi connectivity index (χ1) is 13.7. The number of rotatable bonds is 7. The molecule has 2 amide bonds. The SMILES string of the molecule is CCN(CC)S(=O)(=O)c1ccc(C(=O)Nc2ccccc2SC(=O)N(C)C)cc1. The third kappa shape index (κ3) is 5.59. The molecule has 9 heteroatoms. The summed E-state index contributed by atoms with van der Waals surface area (Å²) in [7, 11) is -0.261. The van der Waals surface area contributed by atoms with Crippen LogP contribution in [0.15, 0.2) is 58.3 Å². The third-order valence-electron chi connectivity index (χ3n) is 4.16. The number of amides is 2. The molecule has 1 N–H and O–H groups in total. The zero-order valence-electron chi connectivity index (χ0n) is 16.9. The van der Waals surface area contributed by atoms with Gasteiger partial charge in [-0.2, -0.15) is 4.31 Å². The van der Waals surface area contributed by atoms with Crippen LogP contribution in [0.3, 0.4) is 0 Å². The smallest absolute Gasteiger partial charge is 0.286 e. The molecule has 0 unspecified atom stereocenters. The standard InChI is InChI=1S/C20H25N3O4S2/c1-5-23(6-2)29(26,27)16-13-11-15(12-14-16)19(24)21-17-9-7-8-10-18(17)28-20(25)22(3)4/h7-14H,5-6H2,1-4H3,(H,21,24). The van der Waals surface area contributed by atoms with Crippen molar-refractivity contribution in [3.8, 4) is 0 Å². The Morgan fingerprint density at radius 2 is 1.55 bits per heavy atom. The second-order valence-electron chi connectivity index (χ2n) is 6.33. The largest absolute Gasteiger partial charge is 0.339 e. The number of carbonyl (C=O) groups excluding carboxylic acids is 2. The molecule has 0 fully saturated rings. The van der Waals surface area contributed by atoms with Crippen molar-refractivity contribution in [2.45, 2.75) is 23.6 Å². The Hall–Kier alpha value is -2.36. The van der Waals surface area contributed by atoms with Crippen molar-refractivity contribution in [1.29, 1.82) is 0 Å². The van der Waals surface area contributed by atoms with Gasteiger partial charge in [0.1, 0.15) is 0 Å². The predicted octanol–water partition coefficient (Wildman–Crippen LogP) is 3.74. The number of para-hydroxylation sites is 1. The summed E-state index contributed by atoms with van der Waals surface area (Å²) in [5, 5.41) is 2.63. The van der Waals surface area contributed by atoms with E-state index in [9.17, 15) is 18.0 Å². The summed E-state index contributed by atoms with van der Waals surface area (Å²) < 4.78 is 26.5. The maximum atomic E-state index is 12.6. The molecule has 0 aromatic heterocycles. The lowest BCUT2D eigenvalue weighted by atomic mass is 10.2. The van der Waals surface area contributed by atoms with E-state index in [0.29, 0.717) is 29.2 Å². The van der Waals surface area contributed by atoms with Gasteiger partial charge in [-0.25, -0.2) is 8.42 Å². The van der Waals surface area contributed by atoms with Crippen LogP contribution in [-0.4, -0.2) is 56.0 Å². The second-order valence-corrected chi connectivity index (χ2v) is 9.26. The van der Waals surface area contributed by atoms with Gasteiger partial charge in [-0.05, 0) is 48.2 Å².